The van der Waals surface area contributed by atoms with Crippen LogP contribution in [0.1, 0.15) is 23.7 Å². The maximum absolute atomic E-state index is 12.7. The fourth-order valence-electron chi connectivity index (χ4n) is 3.27. The van der Waals surface area contributed by atoms with Crippen molar-refractivity contribution in [1.82, 2.24) is 0 Å². The van der Waals surface area contributed by atoms with E-state index in [4.69, 9.17) is 14.2 Å². The van der Waals surface area contributed by atoms with Crippen molar-refractivity contribution in [2.24, 2.45) is 5.92 Å². The van der Waals surface area contributed by atoms with E-state index in [1.807, 2.05) is 0 Å². The molecule has 1 heterocycles. The first-order valence-corrected chi connectivity index (χ1v) is 9.57. The molecule has 1 atom stereocenters. The van der Waals surface area contributed by atoms with Gasteiger partial charge < -0.3 is 24.4 Å². The van der Waals surface area contributed by atoms with Crippen LogP contribution in [-0.2, 0) is 14.3 Å². The number of rotatable bonds is 7. The van der Waals surface area contributed by atoms with E-state index in [1.54, 1.807) is 54.3 Å². The molecule has 2 aromatic rings. The van der Waals surface area contributed by atoms with Gasteiger partial charge in [0.15, 0.2) is 11.5 Å². The average Bonchev–Trinajstić information content (AvgIpc) is 3.15. The van der Waals surface area contributed by atoms with Gasteiger partial charge in [0.25, 0.3) is 0 Å². The van der Waals surface area contributed by atoms with Crippen LogP contribution in [0.2, 0.25) is 0 Å². The van der Waals surface area contributed by atoms with Crippen LogP contribution in [0.3, 0.4) is 0 Å². The molecule has 8 heteroatoms. The lowest BCUT2D eigenvalue weighted by molar-refractivity contribution is -0.122. The first kappa shape index (κ1) is 21.2. The topological polar surface area (TPSA) is 94.2 Å². The normalized spacial score (nSPS) is 15.6. The highest BCUT2D eigenvalue weighted by molar-refractivity contribution is 6.03. The summed E-state index contributed by atoms with van der Waals surface area (Å²) in [5.41, 5.74) is 1.60. The van der Waals surface area contributed by atoms with Gasteiger partial charge in [0.1, 0.15) is 0 Å². The highest BCUT2D eigenvalue weighted by Gasteiger charge is 2.35. The van der Waals surface area contributed by atoms with Crippen molar-refractivity contribution in [2.75, 3.05) is 37.6 Å². The molecule has 1 aliphatic heterocycles. The van der Waals surface area contributed by atoms with Gasteiger partial charge in [-0.15, -0.1) is 0 Å². The molecule has 2 amide bonds. The van der Waals surface area contributed by atoms with Crippen LogP contribution in [-0.4, -0.2) is 45.2 Å². The van der Waals surface area contributed by atoms with Crippen LogP contribution in [0.5, 0.6) is 11.5 Å². The van der Waals surface area contributed by atoms with Crippen LogP contribution in [0.15, 0.2) is 42.5 Å². The molecule has 0 radical (unpaired) electrons. The summed E-state index contributed by atoms with van der Waals surface area (Å²) in [5, 5.41) is 2.80. The molecule has 3 rings (SSSR count). The Bertz CT molecular complexity index is 941. The van der Waals surface area contributed by atoms with Crippen molar-refractivity contribution in [3.8, 4) is 11.5 Å². The number of amides is 2. The van der Waals surface area contributed by atoms with Crippen molar-refractivity contribution in [3.63, 3.8) is 0 Å². The van der Waals surface area contributed by atoms with E-state index in [9.17, 15) is 14.4 Å². The zero-order chi connectivity index (χ0) is 21.7. The predicted octanol–water partition coefficient (Wildman–Crippen LogP) is 2.87. The van der Waals surface area contributed by atoms with E-state index < -0.39 is 11.9 Å². The third-order valence-corrected chi connectivity index (χ3v) is 4.84. The summed E-state index contributed by atoms with van der Waals surface area (Å²) >= 11 is 0. The van der Waals surface area contributed by atoms with Gasteiger partial charge in [-0.3, -0.25) is 9.59 Å². The van der Waals surface area contributed by atoms with E-state index in [0.717, 1.165) is 0 Å². The van der Waals surface area contributed by atoms with E-state index in [0.29, 0.717) is 35.0 Å². The van der Waals surface area contributed by atoms with E-state index in [2.05, 4.69) is 5.32 Å². The van der Waals surface area contributed by atoms with E-state index in [1.165, 1.54) is 14.2 Å². The Labute approximate surface area is 174 Å². The molecule has 1 N–H and O–H groups in total. The standard InChI is InChI=1S/C22H24N2O6/c1-4-30-22(27)14-5-7-16(8-6-14)23-21(26)15-11-20(25)24(13-15)17-9-10-18(28-2)19(12-17)29-3/h5-10,12,15H,4,11,13H2,1-3H3,(H,23,26). The fraction of sp³-hybridized carbons (Fsp3) is 0.318. The Hall–Kier alpha value is -3.55. The highest BCUT2D eigenvalue weighted by atomic mass is 16.5. The lowest BCUT2D eigenvalue weighted by Gasteiger charge is -2.18. The van der Waals surface area contributed by atoms with Crippen LogP contribution in [0.4, 0.5) is 11.4 Å². The SMILES string of the molecule is CCOC(=O)c1ccc(NC(=O)C2CC(=O)N(c3ccc(OC)c(OC)c3)C2)cc1. The van der Waals surface area contributed by atoms with Crippen LogP contribution in [0, 0.1) is 5.92 Å². The third-order valence-electron chi connectivity index (χ3n) is 4.84. The number of anilines is 2. The fourth-order valence-corrected chi connectivity index (χ4v) is 3.27. The Morgan fingerprint density at radius 2 is 1.77 bits per heavy atom. The van der Waals surface area contributed by atoms with Crippen molar-refractivity contribution in [3.05, 3.63) is 48.0 Å². The number of nitrogens with zero attached hydrogens (tertiary/aromatic N) is 1. The number of carbonyl (C=O) groups is 3. The minimum absolute atomic E-state index is 0.112. The van der Waals surface area contributed by atoms with E-state index in [-0.39, 0.29) is 24.8 Å². The molecule has 8 nitrogen and oxygen atoms in total. The summed E-state index contributed by atoms with van der Waals surface area (Å²) in [6.07, 6.45) is 0.112. The van der Waals surface area contributed by atoms with Gasteiger partial charge in [0.05, 0.1) is 32.3 Å². The maximum atomic E-state index is 12.7. The first-order chi connectivity index (χ1) is 14.5. The number of carbonyl (C=O) groups excluding carboxylic acids is 3. The molecule has 1 aliphatic rings. The van der Waals surface area contributed by atoms with Crippen molar-refractivity contribution < 1.29 is 28.6 Å². The summed E-state index contributed by atoms with van der Waals surface area (Å²) < 4.78 is 15.5. The maximum Gasteiger partial charge on any atom is 0.338 e. The second kappa shape index (κ2) is 9.30. The molecular formula is C22H24N2O6. The average molecular weight is 412 g/mol. The van der Waals surface area contributed by atoms with Gasteiger partial charge >= 0.3 is 5.97 Å². The number of benzene rings is 2. The molecule has 1 saturated heterocycles. The van der Waals surface area contributed by atoms with Gasteiger partial charge in [-0.2, -0.15) is 0 Å². The van der Waals surface area contributed by atoms with Crippen LogP contribution >= 0.6 is 0 Å². The number of methoxy groups -OCH3 is 2. The largest absolute Gasteiger partial charge is 0.493 e. The predicted molar refractivity (Wildman–Crippen MR) is 111 cm³/mol. The molecule has 1 fully saturated rings. The highest BCUT2D eigenvalue weighted by Crippen LogP contribution is 2.34. The molecule has 1 unspecified atom stereocenters. The number of hydrogen-bond acceptors (Lipinski definition) is 6. The summed E-state index contributed by atoms with van der Waals surface area (Å²) in [4.78, 5) is 38.4. The zero-order valence-corrected chi connectivity index (χ0v) is 17.1. The van der Waals surface area contributed by atoms with Crippen molar-refractivity contribution in [1.29, 1.82) is 0 Å². The number of nitrogens with one attached hydrogen (secondary N) is 1. The van der Waals surface area contributed by atoms with E-state index >= 15 is 0 Å². The first-order valence-electron chi connectivity index (χ1n) is 9.57. The van der Waals surface area contributed by atoms with Gasteiger partial charge in [0.2, 0.25) is 11.8 Å². The third kappa shape index (κ3) is 4.53. The molecule has 0 bridgehead atoms. The zero-order valence-electron chi connectivity index (χ0n) is 17.1. The molecule has 158 valence electrons. The minimum Gasteiger partial charge on any atom is -0.493 e. The Kier molecular flexibility index (Phi) is 6.56. The van der Waals surface area contributed by atoms with Crippen LogP contribution in [0.25, 0.3) is 0 Å². The Morgan fingerprint density at radius 1 is 1.07 bits per heavy atom. The summed E-state index contributed by atoms with van der Waals surface area (Å²) in [5.74, 6) is -0.223. The summed E-state index contributed by atoms with van der Waals surface area (Å²) in [6.45, 7) is 2.30. The van der Waals surface area contributed by atoms with Gasteiger partial charge in [-0.1, -0.05) is 0 Å². The smallest absolute Gasteiger partial charge is 0.338 e. The number of ether oxygens (including phenoxy) is 3. The lowest BCUT2D eigenvalue weighted by atomic mass is 10.1. The van der Waals surface area contributed by atoms with Crippen molar-refractivity contribution >= 4 is 29.2 Å². The number of esters is 1. The lowest BCUT2D eigenvalue weighted by Crippen LogP contribution is -2.28. The molecule has 0 saturated carbocycles. The van der Waals surface area contributed by atoms with Crippen LogP contribution < -0.4 is 19.7 Å². The molecule has 0 aromatic heterocycles. The van der Waals surface area contributed by atoms with Crippen molar-refractivity contribution in [2.45, 2.75) is 13.3 Å². The monoisotopic (exact) mass is 412 g/mol. The Morgan fingerprint density at radius 3 is 2.40 bits per heavy atom. The van der Waals surface area contributed by atoms with Gasteiger partial charge in [0, 0.05) is 30.4 Å². The molecule has 0 aliphatic carbocycles. The van der Waals surface area contributed by atoms with Gasteiger partial charge in [-0.05, 0) is 43.3 Å². The second-order valence-electron chi connectivity index (χ2n) is 6.73. The summed E-state index contributed by atoms with van der Waals surface area (Å²) in [6, 6.07) is 11.6. The number of hydrogen-bond donors (Lipinski definition) is 1. The van der Waals surface area contributed by atoms with Gasteiger partial charge in [-0.25, -0.2) is 4.79 Å². The molecule has 30 heavy (non-hydrogen) atoms. The minimum atomic E-state index is -0.490. The Balaban J connectivity index is 1.66. The molecule has 0 spiro atoms. The summed E-state index contributed by atoms with van der Waals surface area (Å²) in [7, 11) is 3.06. The quantitative estimate of drug-likeness (QED) is 0.703. The molecule has 2 aromatic carbocycles. The second-order valence-corrected chi connectivity index (χ2v) is 6.73. The molecular weight excluding hydrogens is 388 g/mol.